The number of nitrogens with one attached hydrogen (secondary N) is 2. The minimum Gasteiger partial charge on any atom is -0.378 e. The van der Waals surface area contributed by atoms with E-state index in [1.807, 2.05) is 30.1 Å². The van der Waals surface area contributed by atoms with Gasteiger partial charge in [-0.25, -0.2) is 0 Å². The van der Waals surface area contributed by atoms with Crippen LogP contribution in [0.5, 0.6) is 0 Å². The standard InChI is InChI=1S/C16H22N4O2/c1-17-6-8-22-9-7-20-15(4-5-18-20)12-2-3-14-13(10-12)11-16(21)19-14/h2-5,10,16-17,19,21H,6-9,11H2,1H3. The molecule has 0 amide bonds. The van der Waals surface area contributed by atoms with Crippen LogP contribution in [-0.2, 0) is 17.7 Å². The van der Waals surface area contributed by atoms with Crippen LogP contribution in [0.2, 0.25) is 0 Å². The van der Waals surface area contributed by atoms with Crippen molar-refractivity contribution in [3.8, 4) is 11.3 Å². The summed E-state index contributed by atoms with van der Waals surface area (Å²) in [5.41, 5.74) is 4.34. The summed E-state index contributed by atoms with van der Waals surface area (Å²) < 4.78 is 7.52. The third-order valence-corrected chi connectivity index (χ3v) is 3.80. The maximum Gasteiger partial charge on any atom is 0.128 e. The Morgan fingerprint density at radius 2 is 2.32 bits per heavy atom. The van der Waals surface area contributed by atoms with Crippen LogP contribution in [0, 0.1) is 0 Å². The van der Waals surface area contributed by atoms with Gasteiger partial charge in [-0.2, -0.15) is 5.10 Å². The van der Waals surface area contributed by atoms with Crippen LogP contribution in [0.4, 0.5) is 5.69 Å². The second kappa shape index (κ2) is 6.91. The Bertz CT molecular complexity index is 626. The van der Waals surface area contributed by atoms with E-state index in [9.17, 15) is 5.11 Å². The molecule has 118 valence electrons. The number of fused-ring (bicyclic) bond motifs is 1. The van der Waals surface area contributed by atoms with Crippen LogP contribution in [0.1, 0.15) is 5.56 Å². The van der Waals surface area contributed by atoms with Crippen LogP contribution in [0.3, 0.4) is 0 Å². The molecule has 1 aromatic heterocycles. The predicted molar refractivity (Wildman–Crippen MR) is 85.7 cm³/mol. The Morgan fingerprint density at radius 1 is 1.41 bits per heavy atom. The first-order valence-electron chi connectivity index (χ1n) is 7.60. The fourth-order valence-corrected chi connectivity index (χ4v) is 2.68. The molecule has 0 aliphatic carbocycles. The molecule has 0 radical (unpaired) electrons. The Balaban J connectivity index is 1.68. The van der Waals surface area contributed by atoms with E-state index >= 15 is 0 Å². The second-order valence-corrected chi connectivity index (χ2v) is 5.39. The smallest absolute Gasteiger partial charge is 0.128 e. The number of anilines is 1. The van der Waals surface area contributed by atoms with Gasteiger partial charge < -0.3 is 20.5 Å². The van der Waals surface area contributed by atoms with Crippen LogP contribution in [-0.4, -0.2) is 47.9 Å². The maximum absolute atomic E-state index is 9.66. The van der Waals surface area contributed by atoms with Crippen molar-refractivity contribution in [3.63, 3.8) is 0 Å². The number of aliphatic hydroxyl groups is 1. The normalized spacial score (nSPS) is 16.5. The number of benzene rings is 1. The molecular weight excluding hydrogens is 280 g/mol. The maximum atomic E-state index is 9.66. The first-order chi connectivity index (χ1) is 10.8. The average molecular weight is 302 g/mol. The lowest BCUT2D eigenvalue weighted by Crippen LogP contribution is -2.16. The van der Waals surface area contributed by atoms with Crippen molar-refractivity contribution >= 4 is 5.69 Å². The molecule has 2 aromatic rings. The van der Waals surface area contributed by atoms with Gasteiger partial charge in [0.15, 0.2) is 0 Å². The topological polar surface area (TPSA) is 71.3 Å². The summed E-state index contributed by atoms with van der Waals surface area (Å²) in [6.45, 7) is 2.92. The van der Waals surface area contributed by atoms with Gasteiger partial charge in [0.2, 0.25) is 0 Å². The fourth-order valence-electron chi connectivity index (χ4n) is 2.68. The molecule has 6 heteroatoms. The molecule has 2 heterocycles. The Labute approximate surface area is 130 Å². The van der Waals surface area contributed by atoms with Gasteiger partial charge in [-0.1, -0.05) is 6.07 Å². The minimum absolute atomic E-state index is 0.476. The van der Waals surface area contributed by atoms with Crippen molar-refractivity contribution in [3.05, 3.63) is 36.0 Å². The zero-order valence-electron chi connectivity index (χ0n) is 12.7. The van der Waals surface area contributed by atoms with Gasteiger partial charge in [-0.3, -0.25) is 4.68 Å². The third kappa shape index (κ3) is 3.30. The van der Waals surface area contributed by atoms with E-state index < -0.39 is 6.23 Å². The summed E-state index contributed by atoms with van der Waals surface area (Å²) in [7, 11) is 1.91. The van der Waals surface area contributed by atoms with Crippen molar-refractivity contribution in [1.82, 2.24) is 15.1 Å². The van der Waals surface area contributed by atoms with Crippen LogP contribution < -0.4 is 10.6 Å². The molecule has 1 atom stereocenters. The van der Waals surface area contributed by atoms with Crippen molar-refractivity contribution < 1.29 is 9.84 Å². The number of nitrogens with zero attached hydrogens (tertiary/aromatic N) is 2. The molecule has 3 N–H and O–H groups in total. The molecule has 0 saturated carbocycles. The zero-order valence-corrected chi connectivity index (χ0v) is 12.7. The highest BCUT2D eigenvalue weighted by Crippen LogP contribution is 2.30. The van der Waals surface area contributed by atoms with Crippen molar-refractivity contribution in [2.45, 2.75) is 19.2 Å². The van der Waals surface area contributed by atoms with Gasteiger partial charge in [-0.15, -0.1) is 0 Å². The molecule has 0 bridgehead atoms. The summed E-state index contributed by atoms with van der Waals surface area (Å²) in [5, 5.41) is 20.1. The highest BCUT2D eigenvalue weighted by molar-refractivity contribution is 5.68. The first kappa shape index (κ1) is 15.0. The highest BCUT2D eigenvalue weighted by atomic mass is 16.5. The highest BCUT2D eigenvalue weighted by Gasteiger charge is 2.19. The van der Waals surface area contributed by atoms with E-state index in [1.165, 1.54) is 0 Å². The molecule has 1 aliphatic heterocycles. The monoisotopic (exact) mass is 302 g/mol. The van der Waals surface area contributed by atoms with E-state index in [-0.39, 0.29) is 0 Å². The van der Waals surface area contributed by atoms with Crippen LogP contribution >= 0.6 is 0 Å². The molecule has 0 saturated heterocycles. The molecule has 1 aliphatic rings. The Morgan fingerprint density at radius 3 is 3.18 bits per heavy atom. The number of hydrogen-bond acceptors (Lipinski definition) is 5. The first-order valence-corrected chi connectivity index (χ1v) is 7.60. The van der Waals surface area contributed by atoms with Gasteiger partial charge in [0, 0.05) is 30.4 Å². The van der Waals surface area contributed by atoms with E-state index in [1.54, 1.807) is 0 Å². The number of aromatic nitrogens is 2. The Hall–Kier alpha value is -1.89. The summed E-state index contributed by atoms with van der Waals surface area (Å²) in [5.74, 6) is 0. The van der Waals surface area contributed by atoms with Gasteiger partial charge in [0.25, 0.3) is 0 Å². The zero-order chi connectivity index (χ0) is 15.4. The molecule has 0 fully saturated rings. The third-order valence-electron chi connectivity index (χ3n) is 3.80. The molecule has 1 unspecified atom stereocenters. The summed E-state index contributed by atoms with van der Waals surface area (Å²) in [4.78, 5) is 0. The van der Waals surface area contributed by atoms with Crippen molar-refractivity contribution in [1.29, 1.82) is 0 Å². The molecule has 0 spiro atoms. The van der Waals surface area contributed by atoms with Crippen LogP contribution in [0.25, 0.3) is 11.3 Å². The van der Waals surface area contributed by atoms with Gasteiger partial charge >= 0.3 is 0 Å². The largest absolute Gasteiger partial charge is 0.378 e. The summed E-state index contributed by atoms with van der Waals surface area (Å²) in [6.07, 6.45) is 1.98. The average Bonchev–Trinajstić information content (AvgIpc) is 3.11. The van der Waals surface area contributed by atoms with Crippen molar-refractivity contribution in [2.75, 3.05) is 32.1 Å². The number of rotatable bonds is 7. The van der Waals surface area contributed by atoms with E-state index in [4.69, 9.17) is 4.74 Å². The summed E-state index contributed by atoms with van der Waals surface area (Å²) >= 11 is 0. The second-order valence-electron chi connectivity index (χ2n) is 5.39. The number of likely N-dealkylation sites (N-methyl/N-ethyl adjacent to an activating group) is 1. The van der Waals surface area contributed by atoms with Gasteiger partial charge in [0.05, 0.1) is 25.5 Å². The minimum atomic E-state index is -0.476. The number of hydrogen-bond donors (Lipinski definition) is 3. The Kier molecular flexibility index (Phi) is 4.72. The molecular formula is C16H22N4O2. The van der Waals surface area contributed by atoms with Crippen molar-refractivity contribution in [2.24, 2.45) is 0 Å². The number of aliphatic hydroxyl groups excluding tert-OH is 1. The molecule has 1 aromatic carbocycles. The molecule has 3 rings (SSSR count). The van der Waals surface area contributed by atoms with E-state index in [0.29, 0.717) is 19.6 Å². The van der Waals surface area contributed by atoms with Crippen LogP contribution in [0.15, 0.2) is 30.5 Å². The lowest BCUT2D eigenvalue weighted by Gasteiger charge is -2.09. The SMILES string of the molecule is CNCCOCCn1nccc1-c1ccc2c(c1)CC(O)N2. The van der Waals surface area contributed by atoms with E-state index in [0.717, 1.165) is 35.6 Å². The van der Waals surface area contributed by atoms with Gasteiger partial charge in [-0.05, 0) is 30.8 Å². The fraction of sp³-hybridized carbons (Fsp3) is 0.438. The molecule has 22 heavy (non-hydrogen) atoms. The van der Waals surface area contributed by atoms with Gasteiger partial charge in [0.1, 0.15) is 6.23 Å². The summed E-state index contributed by atoms with van der Waals surface area (Å²) in [6, 6.07) is 8.20. The number of ether oxygens (including phenoxy) is 1. The lowest BCUT2D eigenvalue weighted by molar-refractivity contribution is 0.127. The lowest BCUT2D eigenvalue weighted by atomic mass is 10.1. The molecule has 6 nitrogen and oxygen atoms in total. The van der Waals surface area contributed by atoms with E-state index in [2.05, 4.69) is 27.9 Å². The predicted octanol–water partition coefficient (Wildman–Crippen LogP) is 1.07. The quantitative estimate of drug-likeness (QED) is 0.668.